The highest BCUT2D eigenvalue weighted by Gasteiger charge is 2.37. The van der Waals surface area contributed by atoms with Crippen LogP contribution in [0.3, 0.4) is 0 Å². The van der Waals surface area contributed by atoms with Gasteiger partial charge in [-0.2, -0.15) is 0 Å². The molecule has 0 fully saturated rings. The van der Waals surface area contributed by atoms with E-state index in [1.54, 1.807) is 12.1 Å². The lowest BCUT2D eigenvalue weighted by atomic mass is 10.0. The van der Waals surface area contributed by atoms with Crippen LogP contribution >= 0.6 is 0 Å². The lowest BCUT2D eigenvalue weighted by Crippen LogP contribution is -2.27. The summed E-state index contributed by atoms with van der Waals surface area (Å²) in [5, 5.41) is 3.09. The van der Waals surface area contributed by atoms with Gasteiger partial charge in [0.15, 0.2) is 0 Å². The molecule has 2 aromatic rings. The Labute approximate surface area is 140 Å². The van der Waals surface area contributed by atoms with Crippen molar-refractivity contribution in [3.63, 3.8) is 0 Å². The molecule has 0 spiro atoms. The maximum Gasteiger partial charge on any atom is 0.277 e. The van der Waals surface area contributed by atoms with Crippen molar-refractivity contribution < 1.29 is 14.3 Å². The number of methoxy groups -OCH3 is 1. The fourth-order valence-electron chi connectivity index (χ4n) is 2.64. The zero-order chi connectivity index (χ0) is 17.3. The van der Waals surface area contributed by atoms with Crippen LogP contribution in [0, 0.1) is 6.92 Å². The minimum atomic E-state index is -0.360. The Morgan fingerprint density at radius 3 is 2.29 bits per heavy atom. The summed E-state index contributed by atoms with van der Waals surface area (Å²) in [6.07, 6.45) is 0. The first-order chi connectivity index (χ1) is 11.5. The van der Waals surface area contributed by atoms with E-state index in [4.69, 9.17) is 4.74 Å². The lowest BCUT2D eigenvalue weighted by molar-refractivity contribution is -0.135. The Morgan fingerprint density at radius 1 is 0.958 bits per heavy atom. The van der Waals surface area contributed by atoms with Crippen molar-refractivity contribution in [1.82, 2.24) is 4.90 Å². The van der Waals surface area contributed by atoms with Crippen molar-refractivity contribution in [2.45, 2.75) is 6.92 Å². The first-order valence-electron chi connectivity index (χ1n) is 7.56. The second-order valence-electron chi connectivity index (χ2n) is 5.61. The second kappa shape index (κ2) is 6.20. The molecule has 1 aliphatic heterocycles. The quantitative estimate of drug-likeness (QED) is 0.880. The number of aryl methyl sites for hydroxylation is 1. The number of likely N-dealkylation sites (N-methyl/N-ethyl adjacent to an activating group) is 1. The van der Waals surface area contributed by atoms with Crippen molar-refractivity contribution >= 4 is 23.1 Å². The maximum atomic E-state index is 12.6. The maximum absolute atomic E-state index is 12.6. The number of benzene rings is 2. The van der Waals surface area contributed by atoms with Gasteiger partial charge in [-0.05, 0) is 25.1 Å². The SMILES string of the molecule is COc1ccccc1C1=C(Nc2ccc(C)cc2)C(=O)N(C)C1=O. The molecule has 1 heterocycles. The van der Waals surface area contributed by atoms with Gasteiger partial charge in [-0.3, -0.25) is 14.5 Å². The molecule has 0 unspecified atom stereocenters. The summed E-state index contributed by atoms with van der Waals surface area (Å²) in [5.74, 6) is -0.159. The molecule has 122 valence electrons. The van der Waals surface area contributed by atoms with Gasteiger partial charge in [0, 0.05) is 18.3 Å². The average Bonchev–Trinajstić information content (AvgIpc) is 2.81. The summed E-state index contributed by atoms with van der Waals surface area (Å²) in [6, 6.07) is 14.8. The molecule has 5 nitrogen and oxygen atoms in total. The first-order valence-corrected chi connectivity index (χ1v) is 7.56. The van der Waals surface area contributed by atoms with E-state index >= 15 is 0 Å². The largest absolute Gasteiger partial charge is 0.496 e. The van der Waals surface area contributed by atoms with Crippen molar-refractivity contribution in [1.29, 1.82) is 0 Å². The summed E-state index contributed by atoms with van der Waals surface area (Å²) in [5.41, 5.74) is 3.04. The van der Waals surface area contributed by atoms with Crippen molar-refractivity contribution in [2.75, 3.05) is 19.5 Å². The molecule has 0 atom stereocenters. The first kappa shape index (κ1) is 15.8. The number of hydrogen-bond acceptors (Lipinski definition) is 4. The number of carbonyl (C=O) groups excluding carboxylic acids is 2. The lowest BCUT2D eigenvalue weighted by Gasteiger charge is -2.11. The molecule has 1 N–H and O–H groups in total. The van der Waals surface area contributed by atoms with E-state index in [2.05, 4.69) is 5.32 Å². The number of amides is 2. The number of nitrogens with zero attached hydrogens (tertiary/aromatic N) is 1. The summed E-state index contributed by atoms with van der Waals surface area (Å²) in [7, 11) is 3.02. The zero-order valence-electron chi connectivity index (χ0n) is 13.8. The third kappa shape index (κ3) is 2.65. The standard InChI is InChI=1S/C19H18N2O3/c1-12-8-10-13(11-9-12)20-17-16(18(22)21(2)19(17)23)14-6-4-5-7-15(14)24-3/h4-11,20H,1-3H3. The van der Waals surface area contributed by atoms with Gasteiger partial charge in [0.25, 0.3) is 11.8 Å². The van der Waals surface area contributed by atoms with Gasteiger partial charge in [0.1, 0.15) is 11.4 Å². The number of rotatable bonds is 4. The van der Waals surface area contributed by atoms with Crippen molar-refractivity contribution in [3.8, 4) is 5.75 Å². The summed E-state index contributed by atoms with van der Waals surface area (Å²) in [6.45, 7) is 1.99. The number of para-hydroxylation sites is 1. The molecule has 0 bridgehead atoms. The molecule has 0 aliphatic carbocycles. The number of anilines is 1. The van der Waals surface area contributed by atoms with Gasteiger partial charge < -0.3 is 10.1 Å². The molecule has 24 heavy (non-hydrogen) atoms. The number of ether oxygens (including phenoxy) is 1. The normalized spacial score (nSPS) is 14.4. The second-order valence-corrected chi connectivity index (χ2v) is 5.61. The Balaban J connectivity index is 2.12. The predicted octanol–water partition coefficient (Wildman–Crippen LogP) is 2.83. The number of hydrogen-bond donors (Lipinski definition) is 1. The van der Waals surface area contributed by atoms with E-state index in [1.807, 2.05) is 43.3 Å². The summed E-state index contributed by atoms with van der Waals surface area (Å²) >= 11 is 0. The highest BCUT2D eigenvalue weighted by molar-refractivity contribution is 6.36. The van der Waals surface area contributed by atoms with Crippen LogP contribution in [0.15, 0.2) is 54.2 Å². The average molecular weight is 322 g/mol. The summed E-state index contributed by atoms with van der Waals surface area (Å²) < 4.78 is 5.35. The van der Waals surface area contributed by atoms with Crippen LogP contribution in [0.25, 0.3) is 5.57 Å². The molecule has 0 aromatic heterocycles. The van der Waals surface area contributed by atoms with Crippen molar-refractivity contribution in [2.24, 2.45) is 0 Å². The topological polar surface area (TPSA) is 58.6 Å². The molecule has 0 saturated carbocycles. The van der Waals surface area contributed by atoms with E-state index in [1.165, 1.54) is 14.2 Å². The van der Waals surface area contributed by atoms with Crippen molar-refractivity contribution in [3.05, 3.63) is 65.4 Å². The van der Waals surface area contributed by atoms with Gasteiger partial charge in [-0.25, -0.2) is 0 Å². The minimum absolute atomic E-state index is 0.260. The number of imide groups is 1. The van der Waals surface area contributed by atoms with E-state index in [0.717, 1.165) is 16.2 Å². The summed E-state index contributed by atoms with van der Waals surface area (Å²) in [4.78, 5) is 26.2. The van der Waals surface area contributed by atoms with E-state index in [-0.39, 0.29) is 17.5 Å². The van der Waals surface area contributed by atoms with Gasteiger partial charge in [-0.15, -0.1) is 0 Å². The van der Waals surface area contributed by atoms with Gasteiger partial charge >= 0.3 is 0 Å². The van der Waals surface area contributed by atoms with E-state index < -0.39 is 0 Å². The van der Waals surface area contributed by atoms with Gasteiger partial charge in [0.2, 0.25) is 0 Å². The van der Waals surface area contributed by atoms with Crippen LogP contribution in [0.4, 0.5) is 5.69 Å². The van der Waals surface area contributed by atoms with Crippen LogP contribution in [0.5, 0.6) is 5.75 Å². The van der Waals surface area contributed by atoms with Crippen LogP contribution in [-0.2, 0) is 9.59 Å². The zero-order valence-corrected chi connectivity index (χ0v) is 13.8. The smallest absolute Gasteiger partial charge is 0.277 e. The monoisotopic (exact) mass is 322 g/mol. The third-order valence-corrected chi connectivity index (χ3v) is 3.98. The fraction of sp³-hybridized carbons (Fsp3) is 0.158. The molecule has 0 radical (unpaired) electrons. The molecular weight excluding hydrogens is 304 g/mol. The molecule has 1 aliphatic rings. The Kier molecular flexibility index (Phi) is 4.08. The molecule has 3 rings (SSSR count). The number of carbonyl (C=O) groups is 2. The van der Waals surface area contributed by atoms with Gasteiger partial charge in [-0.1, -0.05) is 35.9 Å². The Bertz CT molecular complexity index is 838. The fourth-order valence-corrected chi connectivity index (χ4v) is 2.64. The molecule has 5 heteroatoms. The third-order valence-electron chi connectivity index (χ3n) is 3.98. The van der Waals surface area contributed by atoms with E-state index in [0.29, 0.717) is 16.9 Å². The minimum Gasteiger partial charge on any atom is -0.496 e. The van der Waals surface area contributed by atoms with Crippen LogP contribution < -0.4 is 10.1 Å². The molecule has 2 amide bonds. The van der Waals surface area contributed by atoms with E-state index in [9.17, 15) is 9.59 Å². The molecule has 0 saturated heterocycles. The highest BCUT2D eigenvalue weighted by Crippen LogP contribution is 2.34. The Hall–Kier alpha value is -3.08. The van der Waals surface area contributed by atoms with Crippen LogP contribution in [0.2, 0.25) is 0 Å². The Morgan fingerprint density at radius 2 is 1.62 bits per heavy atom. The molecular formula is C19H18N2O3. The predicted molar refractivity (Wildman–Crippen MR) is 92.5 cm³/mol. The number of nitrogens with one attached hydrogen (secondary N) is 1. The molecule has 2 aromatic carbocycles. The van der Waals surface area contributed by atoms with Crippen LogP contribution in [0.1, 0.15) is 11.1 Å². The van der Waals surface area contributed by atoms with Crippen LogP contribution in [-0.4, -0.2) is 30.9 Å². The van der Waals surface area contributed by atoms with Gasteiger partial charge in [0.05, 0.1) is 12.7 Å². The highest BCUT2D eigenvalue weighted by atomic mass is 16.5.